The van der Waals surface area contributed by atoms with Crippen molar-refractivity contribution in [3.8, 4) is 16.9 Å². The van der Waals surface area contributed by atoms with E-state index in [1.54, 1.807) is 6.08 Å². The quantitative estimate of drug-likeness (QED) is 0.213. The Labute approximate surface area is 226 Å². The first kappa shape index (κ1) is 26.4. The zero-order valence-corrected chi connectivity index (χ0v) is 24.4. The molecule has 0 unspecified atom stereocenters. The summed E-state index contributed by atoms with van der Waals surface area (Å²) in [7, 11) is -2.33. The highest BCUT2D eigenvalue weighted by Crippen LogP contribution is 2.53. The van der Waals surface area contributed by atoms with Gasteiger partial charge in [-0.15, -0.1) is 0 Å². The highest BCUT2D eigenvalue weighted by molar-refractivity contribution is 6.94. The molecule has 1 nitrogen and oxygen atoms in total. The van der Waals surface area contributed by atoms with Gasteiger partial charge in [0.1, 0.15) is 20.4 Å². The number of rotatable bonds is 7. The monoisotopic (exact) mass is 542 g/mol. The van der Waals surface area contributed by atoms with Crippen LogP contribution in [0.2, 0.25) is 27.2 Å². The van der Waals surface area contributed by atoms with Gasteiger partial charge in [-0.1, -0.05) is 112 Å². The van der Waals surface area contributed by atoms with Crippen LogP contribution in [0.15, 0.2) is 61.2 Å². The third-order valence-corrected chi connectivity index (χ3v) is 14.0. The molecular weight excluding hydrogens is 511 g/mol. The van der Waals surface area contributed by atoms with E-state index < -0.39 is 8.07 Å². The first-order valence-corrected chi connectivity index (χ1v) is 15.9. The third kappa shape index (κ3) is 4.59. The number of hydrogen-bond donors (Lipinski definition) is 0. The van der Waals surface area contributed by atoms with Crippen molar-refractivity contribution in [2.24, 2.45) is 0 Å². The van der Waals surface area contributed by atoms with Crippen LogP contribution < -0.4 is 9.92 Å². The Hall–Kier alpha value is -1.71. The molecule has 0 amide bonds. The normalized spacial score (nSPS) is 13.5. The maximum Gasteiger partial charge on any atom is 0.137 e. The Balaban J connectivity index is 2.08. The summed E-state index contributed by atoms with van der Waals surface area (Å²) < 4.78 is 6.31. The van der Waals surface area contributed by atoms with E-state index in [9.17, 15) is 0 Å². The molecule has 0 spiro atoms. The molecule has 0 aliphatic heterocycles. The minimum absolute atomic E-state index is 0.0465. The molecule has 4 rings (SSSR count). The predicted molar refractivity (Wildman–Crippen MR) is 156 cm³/mol. The van der Waals surface area contributed by atoms with Gasteiger partial charge in [-0.3, -0.25) is 0 Å². The van der Waals surface area contributed by atoms with Gasteiger partial charge in [-0.05, 0) is 68.8 Å². The summed E-state index contributed by atoms with van der Waals surface area (Å²) in [6.45, 7) is 15.6. The Bertz CT molecular complexity index is 1220. The van der Waals surface area contributed by atoms with E-state index in [0.29, 0.717) is 11.6 Å². The van der Waals surface area contributed by atoms with Gasteiger partial charge in [0.25, 0.3) is 0 Å². The van der Waals surface area contributed by atoms with Crippen molar-refractivity contribution in [1.82, 2.24) is 0 Å². The number of halogens is 3. The predicted octanol–water partition coefficient (Wildman–Crippen LogP) is 9.56. The summed E-state index contributed by atoms with van der Waals surface area (Å²) in [4.78, 5) is 0. The molecule has 0 fully saturated rings. The smallest absolute Gasteiger partial charge is 0.137 e. The van der Waals surface area contributed by atoms with E-state index in [-0.39, 0.29) is 11.0 Å². The Morgan fingerprint density at radius 1 is 0.886 bits per heavy atom. The molecule has 0 heterocycles. The summed E-state index contributed by atoms with van der Waals surface area (Å²) in [6.07, 6.45) is 1.78. The molecule has 0 bridgehead atoms. The standard InChI is InChI=1S/C30H33Cl3OSi/c1-7-14-34-28-26(33)15-19(30(4,5)6)16-27(28)35(8-2,9-3)29-24-17-20(31)10-12-22(24)23-13-11-21(32)18-25(23)29/h7,10-13,15-18,29H,1,8-9,14H2,2-6H3. The molecule has 1 aliphatic carbocycles. The van der Waals surface area contributed by atoms with Crippen molar-refractivity contribution >= 4 is 48.1 Å². The average Bonchev–Trinajstić information content (AvgIpc) is 3.12. The fourth-order valence-corrected chi connectivity index (χ4v) is 11.6. The zero-order chi connectivity index (χ0) is 25.5. The van der Waals surface area contributed by atoms with Crippen molar-refractivity contribution in [1.29, 1.82) is 0 Å². The molecule has 3 aromatic rings. The van der Waals surface area contributed by atoms with Gasteiger partial charge in [0, 0.05) is 15.6 Å². The highest BCUT2D eigenvalue weighted by atomic mass is 35.5. The van der Waals surface area contributed by atoms with Gasteiger partial charge in [0.2, 0.25) is 0 Å². The van der Waals surface area contributed by atoms with Crippen LogP contribution in [0.3, 0.4) is 0 Å². The second-order valence-electron chi connectivity index (χ2n) is 10.4. The molecule has 3 aromatic carbocycles. The minimum atomic E-state index is -2.33. The van der Waals surface area contributed by atoms with Crippen LogP contribution in [0.25, 0.3) is 11.1 Å². The Kier molecular flexibility index (Phi) is 7.51. The number of benzene rings is 3. The van der Waals surface area contributed by atoms with E-state index in [4.69, 9.17) is 39.5 Å². The molecule has 0 radical (unpaired) electrons. The molecule has 0 N–H and O–H groups in total. The van der Waals surface area contributed by atoms with Crippen LogP contribution in [-0.4, -0.2) is 14.7 Å². The second-order valence-corrected chi connectivity index (χ2v) is 16.6. The lowest BCUT2D eigenvalue weighted by Gasteiger charge is -2.39. The lowest BCUT2D eigenvalue weighted by Crippen LogP contribution is -2.53. The third-order valence-electron chi connectivity index (χ3n) is 7.55. The number of fused-ring (bicyclic) bond motifs is 3. The van der Waals surface area contributed by atoms with Crippen molar-refractivity contribution in [3.05, 3.63) is 92.9 Å². The van der Waals surface area contributed by atoms with Gasteiger partial charge in [-0.2, -0.15) is 0 Å². The van der Waals surface area contributed by atoms with Gasteiger partial charge in [0.15, 0.2) is 0 Å². The Morgan fingerprint density at radius 3 is 1.89 bits per heavy atom. The fourth-order valence-electron chi connectivity index (χ4n) is 5.68. The molecule has 0 aromatic heterocycles. The van der Waals surface area contributed by atoms with Crippen molar-refractivity contribution in [2.75, 3.05) is 6.61 Å². The summed E-state index contributed by atoms with van der Waals surface area (Å²) in [5.41, 5.74) is 6.44. The first-order chi connectivity index (χ1) is 16.6. The summed E-state index contributed by atoms with van der Waals surface area (Å²) in [6, 6.07) is 19.1. The average molecular weight is 544 g/mol. The van der Waals surface area contributed by atoms with Gasteiger partial charge < -0.3 is 4.74 Å². The minimum Gasteiger partial charge on any atom is -0.488 e. The van der Waals surface area contributed by atoms with E-state index >= 15 is 0 Å². The SMILES string of the molecule is C=CCOc1c(Cl)cc(C(C)(C)C)cc1[Si](CC)(CC)C1c2cc(Cl)ccc2-c2ccc(Cl)cc21. The maximum atomic E-state index is 6.97. The van der Waals surface area contributed by atoms with E-state index in [1.807, 2.05) is 12.1 Å². The van der Waals surface area contributed by atoms with Crippen LogP contribution in [-0.2, 0) is 5.41 Å². The van der Waals surface area contributed by atoms with Gasteiger partial charge in [0.05, 0.1) is 5.02 Å². The second kappa shape index (κ2) is 9.98. The van der Waals surface area contributed by atoms with Crippen LogP contribution in [0, 0.1) is 0 Å². The molecule has 184 valence electrons. The van der Waals surface area contributed by atoms with Crippen LogP contribution in [0.4, 0.5) is 0 Å². The fraction of sp³-hybridized carbons (Fsp3) is 0.333. The largest absolute Gasteiger partial charge is 0.488 e. The first-order valence-electron chi connectivity index (χ1n) is 12.2. The van der Waals surface area contributed by atoms with Crippen LogP contribution >= 0.6 is 34.8 Å². The lowest BCUT2D eigenvalue weighted by atomic mass is 9.87. The topological polar surface area (TPSA) is 9.23 Å². The molecule has 0 atom stereocenters. The van der Waals surface area contributed by atoms with Crippen molar-refractivity contribution in [2.45, 2.75) is 57.7 Å². The molecule has 5 heteroatoms. The van der Waals surface area contributed by atoms with E-state index in [1.165, 1.54) is 33.0 Å². The summed E-state index contributed by atoms with van der Waals surface area (Å²) in [5.74, 6) is 0.800. The molecule has 35 heavy (non-hydrogen) atoms. The zero-order valence-electron chi connectivity index (χ0n) is 21.1. The van der Waals surface area contributed by atoms with Crippen LogP contribution in [0.5, 0.6) is 5.75 Å². The van der Waals surface area contributed by atoms with Crippen molar-refractivity contribution < 1.29 is 4.74 Å². The number of ether oxygens (including phenoxy) is 1. The Morgan fingerprint density at radius 2 is 1.43 bits per heavy atom. The molecule has 0 saturated heterocycles. The van der Waals surface area contributed by atoms with E-state index in [2.05, 4.69) is 77.6 Å². The molecule has 0 saturated carbocycles. The van der Waals surface area contributed by atoms with Crippen LogP contribution in [0.1, 0.15) is 56.9 Å². The van der Waals surface area contributed by atoms with Crippen molar-refractivity contribution in [3.63, 3.8) is 0 Å². The molecule has 1 aliphatic rings. The number of hydrogen-bond acceptors (Lipinski definition) is 1. The summed E-state index contributed by atoms with van der Waals surface area (Å²) in [5, 5.41) is 3.45. The van der Waals surface area contributed by atoms with Gasteiger partial charge in [-0.25, -0.2) is 0 Å². The summed E-state index contributed by atoms with van der Waals surface area (Å²) >= 11 is 20.2. The highest BCUT2D eigenvalue weighted by Gasteiger charge is 2.48. The van der Waals surface area contributed by atoms with Gasteiger partial charge >= 0.3 is 0 Å². The van der Waals surface area contributed by atoms with E-state index in [0.717, 1.165) is 27.9 Å². The maximum absolute atomic E-state index is 6.97. The molecular formula is C30H33Cl3OSi. The lowest BCUT2D eigenvalue weighted by molar-refractivity contribution is 0.365.